The number of benzene rings is 1. The van der Waals surface area contributed by atoms with Crippen LogP contribution in [0.15, 0.2) is 36.5 Å². The van der Waals surface area contributed by atoms with E-state index in [1.54, 1.807) is 27.0 Å². The third-order valence-corrected chi connectivity index (χ3v) is 5.82. The molecule has 0 spiro atoms. The molecule has 0 fully saturated rings. The minimum absolute atomic E-state index is 0.122. The van der Waals surface area contributed by atoms with Crippen molar-refractivity contribution in [1.82, 2.24) is 9.78 Å². The molecule has 0 bridgehead atoms. The van der Waals surface area contributed by atoms with E-state index >= 15 is 0 Å². The molecule has 0 aliphatic heterocycles. The van der Waals surface area contributed by atoms with Crippen LogP contribution in [0.5, 0.6) is 5.75 Å². The van der Waals surface area contributed by atoms with Crippen molar-refractivity contribution in [2.75, 3.05) is 18.5 Å². The van der Waals surface area contributed by atoms with Crippen molar-refractivity contribution >= 4 is 34.2 Å². The van der Waals surface area contributed by atoms with Gasteiger partial charge in [0.25, 0.3) is 5.91 Å². The minimum Gasteiger partial charge on any atom is -0.471 e. The topological polar surface area (TPSA) is 109 Å². The summed E-state index contributed by atoms with van der Waals surface area (Å²) in [4.78, 5) is 37.8. The maximum absolute atomic E-state index is 12.8. The highest BCUT2D eigenvalue weighted by molar-refractivity contribution is 7.18. The molecule has 33 heavy (non-hydrogen) atoms. The molecule has 0 radical (unpaired) electrons. The van der Waals surface area contributed by atoms with Gasteiger partial charge in [-0.15, -0.1) is 11.3 Å². The Morgan fingerprint density at radius 2 is 1.73 bits per heavy atom. The number of carbonyl (C=O) groups excluding carboxylic acids is 3. The molecule has 0 aliphatic rings. The molecule has 0 saturated carbocycles. The number of nitrogens with zero attached hydrogens (tertiary/aromatic N) is 2. The molecule has 1 amide bonds. The summed E-state index contributed by atoms with van der Waals surface area (Å²) in [5, 5.41) is 7.11. The summed E-state index contributed by atoms with van der Waals surface area (Å²) in [6.07, 6.45) is 1.61. The van der Waals surface area contributed by atoms with E-state index in [9.17, 15) is 14.4 Å². The van der Waals surface area contributed by atoms with Crippen LogP contribution in [0.25, 0.3) is 0 Å². The molecule has 3 aromatic rings. The second-order valence-electron chi connectivity index (χ2n) is 6.93. The molecule has 2 aromatic heterocycles. The number of rotatable bonds is 9. The highest BCUT2D eigenvalue weighted by atomic mass is 32.1. The van der Waals surface area contributed by atoms with Gasteiger partial charge in [-0.2, -0.15) is 5.10 Å². The number of carbonyl (C=O) groups is 3. The van der Waals surface area contributed by atoms with Crippen molar-refractivity contribution in [3.8, 4) is 5.75 Å². The van der Waals surface area contributed by atoms with Crippen LogP contribution in [0.3, 0.4) is 0 Å². The third kappa shape index (κ3) is 5.58. The first-order valence-electron chi connectivity index (χ1n) is 10.4. The fourth-order valence-corrected chi connectivity index (χ4v) is 4.10. The number of ether oxygens (including phenoxy) is 3. The maximum atomic E-state index is 12.8. The lowest BCUT2D eigenvalue weighted by atomic mass is 10.1. The number of hydrogen-bond acceptors (Lipinski definition) is 8. The Hall–Kier alpha value is -3.66. The molecule has 174 valence electrons. The minimum atomic E-state index is -0.630. The van der Waals surface area contributed by atoms with Crippen molar-refractivity contribution in [3.05, 3.63) is 63.8 Å². The zero-order chi connectivity index (χ0) is 24.0. The monoisotopic (exact) mass is 471 g/mol. The number of para-hydroxylation sites is 1. The Kier molecular flexibility index (Phi) is 7.83. The van der Waals surface area contributed by atoms with Crippen molar-refractivity contribution in [1.29, 1.82) is 0 Å². The van der Waals surface area contributed by atoms with Gasteiger partial charge in [0.1, 0.15) is 15.6 Å². The second-order valence-corrected chi connectivity index (χ2v) is 7.96. The first kappa shape index (κ1) is 24.0. The van der Waals surface area contributed by atoms with Gasteiger partial charge in [0.2, 0.25) is 0 Å². The van der Waals surface area contributed by atoms with Crippen LogP contribution >= 0.6 is 11.3 Å². The fraction of sp³-hybridized carbons (Fsp3) is 0.304. The zero-order valence-electron chi connectivity index (χ0n) is 18.8. The summed E-state index contributed by atoms with van der Waals surface area (Å²) in [5.74, 6) is -1.01. The standard InChI is InChI=1S/C23H25N3O6S/c1-5-30-22(28)18-15(4)19(23(29)31-6-2)33-21(18)24-20(27)16-11-12-26(25-16)13-32-17-10-8-7-9-14(17)3/h7-12H,5-6,13H2,1-4H3,(H,24,27). The predicted octanol–water partition coefficient (Wildman–Crippen LogP) is 4.20. The summed E-state index contributed by atoms with van der Waals surface area (Å²) >= 11 is 0.961. The van der Waals surface area contributed by atoms with Crippen molar-refractivity contribution in [3.63, 3.8) is 0 Å². The second kappa shape index (κ2) is 10.8. The number of esters is 2. The molecule has 0 atom stereocenters. The van der Waals surface area contributed by atoms with E-state index in [2.05, 4.69) is 10.4 Å². The Labute approximate surface area is 195 Å². The summed E-state index contributed by atoms with van der Waals surface area (Å²) in [6.45, 7) is 7.38. The van der Waals surface area contributed by atoms with Crippen molar-refractivity contribution in [2.24, 2.45) is 0 Å². The number of hydrogen-bond donors (Lipinski definition) is 1. The van der Waals surface area contributed by atoms with Gasteiger partial charge in [-0.3, -0.25) is 4.79 Å². The summed E-state index contributed by atoms with van der Waals surface area (Å²) in [5.41, 5.74) is 1.63. The maximum Gasteiger partial charge on any atom is 0.348 e. The average Bonchev–Trinajstić information content (AvgIpc) is 3.38. The highest BCUT2D eigenvalue weighted by Crippen LogP contribution is 2.34. The highest BCUT2D eigenvalue weighted by Gasteiger charge is 2.27. The number of anilines is 1. The van der Waals surface area contributed by atoms with Crippen LogP contribution in [-0.2, 0) is 16.2 Å². The molecule has 1 N–H and O–H groups in total. The lowest BCUT2D eigenvalue weighted by Crippen LogP contribution is -2.16. The van der Waals surface area contributed by atoms with E-state index in [1.807, 2.05) is 31.2 Å². The lowest BCUT2D eigenvalue weighted by molar-refractivity contribution is 0.0527. The molecule has 9 nitrogen and oxygen atoms in total. The molecule has 0 unspecified atom stereocenters. The molecular formula is C23H25N3O6S. The molecular weight excluding hydrogens is 446 g/mol. The van der Waals surface area contributed by atoms with Crippen LogP contribution in [0.2, 0.25) is 0 Å². The van der Waals surface area contributed by atoms with Crippen LogP contribution in [0.4, 0.5) is 5.00 Å². The first-order valence-corrected chi connectivity index (χ1v) is 11.2. The average molecular weight is 472 g/mol. The number of thiophene rings is 1. The Morgan fingerprint density at radius 3 is 2.42 bits per heavy atom. The third-order valence-electron chi connectivity index (χ3n) is 4.63. The Bertz CT molecular complexity index is 1170. The quantitative estimate of drug-likeness (QED) is 0.466. The van der Waals surface area contributed by atoms with E-state index < -0.39 is 17.8 Å². The van der Waals surface area contributed by atoms with Gasteiger partial charge in [-0.1, -0.05) is 18.2 Å². The first-order chi connectivity index (χ1) is 15.8. The van der Waals surface area contributed by atoms with Gasteiger partial charge in [-0.25, -0.2) is 14.3 Å². The number of nitrogens with one attached hydrogen (secondary N) is 1. The molecule has 0 aliphatic carbocycles. The van der Waals surface area contributed by atoms with Gasteiger partial charge >= 0.3 is 11.9 Å². The van der Waals surface area contributed by atoms with Crippen molar-refractivity contribution < 1.29 is 28.6 Å². The van der Waals surface area contributed by atoms with Gasteiger partial charge in [0, 0.05) is 6.20 Å². The lowest BCUT2D eigenvalue weighted by Gasteiger charge is -2.08. The largest absolute Gasteiger partial charge is 0.471 e. The van der Waals surface area contributed by atoms with Gasteiger partial charge in [-0.05, 0) is 51.0 Å². The Balaban J connectivity index is 1.78. The normalized spacial score (nSPS) is 10.5. The van der Waals surface area contributed by atoms with Crippen molar-refractivity contribution in [2.45, 2.75) is 34.4 Å². The molecule has 10 heteroatoms. The molecule has 2 heterocycles. The van der Waals surface area contributed by atoms with E-state index in [0.29, 0.717) is 5.56 Å². The Morgan fingerprint density at radius 1 is 1.03 bits per heavy atom. The predicted molar refractivity (Wildman–Crippen MR) is 123 cm³/mol. The number of aromatic nitrogens is 2. The van der Waals surface area contributed by atoms with Gasteiger partial charge in [0.05, 0.1) is 18.8 Å². The zero-order valence-corrected chi connectivity index (χ0v) is 19.7. The van der Waals surface area contributed by atoms with E-state index in [1.165, 1.54) is 10.7 Å². The summed E-state index contributed by atoms with van der Waals surface area (Å²) in [6, 6.07) is 9.12. The van der Waals surface area contributed by atoms with Crippen LogP contribution < -0.4 is 10.1 Å². The number of aryl methyl sites for hydroxylation is 1. The van der Waals surface area contributed by atoms with Crippen LogP contribution in [0.1, 0.15) is 55.5 Å². The van der Waals surface area contributed by atoms with E-state index in [0.717, 1.165) is 22.6 Å². The van der Waals surface area contributed by atoms with Gasteiger partial charge < -0.3 is 19.5 Å². The smallest absolute Gasteiger partial charge is 0.348 e. The summed E-state index contributed by atoms with van der Waals surface area (Å²) in [7, 11) is 0. The summed E-state index contributed by atoms with van der Waals surface area (Å²) < 4.78 is 17.4. The molecule has 1 aromatic carbocycles. The fourth-order valence-electron chi connectivity index (χ4n) is 3.02. The van der Waals surface area contributed by atoms with E-state index in [4.69, 9.17) is 14.2 Å². The molecule has 0 saturated heterocycles. The number of amides is 1. The van der Waals surface area contributed by atoms with Crippen LogP contribution in [0, 0.1) is 13.8 Å². The SMILES string of the molecule is CCOC(=O)c1sc(NC(=O)c2ccn(COc3ccccc3C)n2)c(C(=O)OCC)c1C. The van der Waals surface area contributed by atoms with Gasteiger partial charge in [0.15, 0.2) is 12.4 Å². The molecule has 3 rings (SSSR count). The van der Waals surface area contributed by atoms with E-state index in [-0.39, 0.29) is 41.1 Å². The van der Waals surface area contributed by atoms with Crippen LogP contribution in [-0.4, -0.2) is 40.8 Å².